The standard InChI is InChI=1S/C27H32N4O3/c1-20-18-28-27-29-23-10-11-25(34-15-14-32-3)22(16-23)19-31(2)12-5-4-6-13-33-24-9-7-8-21(17-24)26(20)30-27/h4-5,7-11,16-18H,6,12-15,19H2,1-3H3,(H,28,29,30)/b5-4+. The van der Waals surface area contributed by atoms with Crippen LogP contribution < -0.4 is 14.8 Å². The fourth-order valence-electron chi connectivity index (χ4n) is 3.79. The first-order chi connectivity index (χ1) is 16.6. The van der Waals surface area contributed by atoms with Gasteiger partial charge in [0.05, 0.1) is 18.9 Å². The van der Waals surface area contributed by atoms with Gasteiger partial charge in [0.1, 0.15) is 18.1 Å². The van der Waals surface area contributed by atoms with Crippen molar-refractivity contribution in [2.45, 2.75) is 19.9 Å². The average Bonchev–Trinajstić information content (AvgIpc) is 2.83. The van der Waals surface area contributed by atoms with E-state index in [1.165, 1.54) is 0 Å². The first-order valence-electron chi connectivity index (χ1n) is 11.5. The number of benzene rings is 2. The van der Waals surface area contributed by atoms with Crippen molar-refractivity contribution in [1.29, 1.82) is 0 Å². The molecule has 3 aromatic rings. The molecule has 2 heterocycles. The van der Waals surface area contributed by atoms with Gasteiger partial charge in [-0.25, -0.2) is 9.97 Å². The Morgan fingerprint density at radius 1 is 1.12 bits per heavy atom. The largest absolute Gasteiger partial charge is 0.493 e. The summed E-state index contributed by atoms with van der Waals surface area (Å²) in [6.45, 7) is 5.26. The number of fused-ring (bicyclic) bond motifs is 7. The molecule has 0 amide bonds. The summed E-state index contributed by atoms with van der Waals surface area (Å²) >= 11 is 0. The second-order valence-electron chi connectivity index (χ2n) is 8.35. The third kappa shape index (κ3) is 6.34. The van der Waals surface area contributed by atoms with E-state index in [2.05, 4.69) is 40.5 Å². The van der Waals surface area contributed by atoms with Gasteiger partial charge in [0.2, 0.25) is 5.95 Å². The van der Waals surface area contributed by atoms with Crippen LogP contribution >= 0.6 is 0 Å². The van der Waals surface area contributed by atoms with Crippen LogP contribution in [0, 0.1) is 6.92 Å². The molecule has 1 aliphatic heterocycles. The van der Waals surface area contributed by atoms with Crippen LogP contribution in [0.2, 0.25) is 0 Å². The third-order valence-electron chi connectivity index (χ3n) is 5.52. The number of nitrogens with zero attached hydrogens (tertiary/aromatic N) is 3. The van der Waals surface area contributed by atoms with Gasteiger partial charge in [0, 0.05) is 43.2 Å². The highest BCUT2D eigenvalue weighted by molar-refractivity contribution is 5.67. The molecule has 0 saturated heterocycles. The second kappa shape index (κ2) is 11.6. The van der Waals surface area contributed by atoms with E-state index in [0.717, 1.165) is 59.1 Å². The number of hydrogen-bond donors (Lipinski definition) is 1. The van der Waals surface area contributed by atoms with Crippen LogP contribution in [0.4, 0.5) is 11.6 Å². The summed E-state index contributed by atoms with van der Waals surface area (Å²) in [5, 5.41) is 3.37. The Labute approximate surface area is 201 Å². The van der Waals surface area contributed by atoms with E-state index in [1.807, 2.05) is 49.5 Å². The first kappa shape index (κ1) is 23.7. The molecule has 0 fully saturated rings. The Balaban J connectivity index is 1.69. The normalized spacial score (nSPS) is 15.4. The molecule has 178 valence electrons. The molecule has 0 radical (unpaired) electrons. The van der Waals surface area contributed by atoms with E-state index >= 15 is 0 Å². The highest BCUT2D eigenvalue weighted by Crippen LogP contribution is 2.29. The summed E-state index contributed by atoms with van der Waals surface area (Å²) in [6.07, 6.45) is 7.04. The molecular formula is C27H32N4O3. The van der Waals surface area contributed by atoms with Gasteiger partial charge in [-0.05, 0) is 56.3 Å². The lowest BCUT2D eigenvalue weighted by Crippen LogP contribution is -2.19. The van der Waals surface area contributed by atoms with Crippen LogP contribution in [0.3, 0.4) is 0 Å². The van der Waals surface area contributed by atoms with Crippen molar-refractivity contribution in [1.82, 2.24) is 14.9 Å². The van der Waals surface area contributed by atoms with Crippen LogP contribution in [0.25, 0.3) is 11.3 Å². The maximum Gasteiger partial charge on any atom is 0.227 e. The van der Waals surface area contributed by atoms with Crippen molar-refractivity contribution >= 4 is 11.6 Å². The third-order valence-corrected chi connectivity index (χ3v) is 5.52. The number of ether oxygens (including phenoxy) is 3. The molecule has 0 spiro atoms. The molecule has 0 saturated carbocycles. The summed E-state index contributed by atoms with van der Waals surface area (Å²) in [5.74, 6) is 2.23. The summed E-state index contributed by atoms with van der Waals surface area (Å²) < 4.78 is 17.1. The summed E-state index contributed by atoms with van der Waals surface area (Å²) in [5.41, 5.74) is 4.88. The Morgan fingerprint density at radius 3 is 2.91 bits per heavy atom. The minimum Gasteiger partial charge on any atom is -0.493 e. The lowest BCUT2D eigenvalue weighted by atomic mass is 10.1. The van der Waals surface area contributed by atoms with Crippen LogP contribution in [0.5, 0.6) is 11.5 Å². The van der Waals surface area contributed by atoms with Gasteiger partial charge < -0.3 is 19.5 Å². The van der Waals surface area contributed by atoms with Crippen molar-refractivity contribution < 1.29 is 14.2 Å². The highest BCUT2D eigenvalue weighted by atomic mass is 16.5. The number of anilines is 2. The van der Waals surface area contributed by atoms with E-state index in [-0.39, 0.29) is 0 Å². The van der Waals surface area contributed by atoms with Gasteiger partial charge in [0.15, 0.2) is 0 Å². The zero-order chi connectivity index (χ0) is 23.8. The van der Waals surface area contributed by atoms with Gasteiger partial charge >= 0.3 is 0 Å². The molecule has 0 aliphatic carbocycles. The van der Waals surface area contributed by atoms with E-state index in [0.29, 0.717) is 25.8 Å². The van der Waals surface area contributed by atoms with Crippen molar-refractivity contribution in [3.8, 4) is 22.8 Å². The predicted molar refractivity (Wildman–Crippen MR) is 135 cm³/mol. The maximum atomic E-state index is 5.98. The molecule has 7 nitrogen and oxygen atoms in total. The molecule has 0 unspecified atom stereocenters. The van der Waals surface area contributed by atoms with Crippen LogP contribution in [-0.2, 0) is 11.3 Å². The lowest BCUT2D eigenvalue weighted by molar-refractivity contribution is 0.145. The smallest absolute Gasteiger partial charge is 0.227 e. The lowest BCUT2D eigenvalue weighted by Gasteiger charge is -2.19. The Hall–Kier alpha value is -3.42. The number of aromatic nitrogens is 2. The maximum absolute atomic E-state index is 5.98. The number of likely N-dealkylation sites (N-methyl/N-ethyl adjacent to an activating group) is 1. The number of nitrogens with one attached hydrogen (secondary N) is 1. The van der Waals surface area contributed by atoms with E-state index in [4.69, 9.17) is 19.2 Å². The SMILES string of the molecule is COCCOc1ccc2cc1CN(C)C/C=C/CCOc1cccc(c1)-c1nc(ncc1C)N2. The molecule has 0 atom stereocenters. The molecule has 6 bridgehead atoms. The fourth-order valence-corrected chi connectivity index (χ4v) is 3.79. The van der Waals surface area contributed by atoms with E-state index < -0.39 is 0 Å². The van der Waals surface area contributed by atoms with Crippen LogP contribution in [-0.4, -0.2) is 55.4 Å². The Morgan fingerprint density at radius 2 is 2.03 bits per heavy atom. The highest BCUT2D eigenvalue weighted by Gasteiger charge is 2.12. The Bertz CT molecular complexity index is 1130. The minimum absolute atomic E-state index is 0.503. The number of rotatable bonds is 4. The van der Waals surface area contributed by atoms with Crippen molar-refractivity contribution in [2.75, 3.05) is 45.8 Å². The van der Waals surface area contributed by atoms with Gasteiger partial charge in [-0.2, -0.15) is 0 Å². The number of hydrogen-bond acceptors (Lipinski definition) is 7. The molecule has 34 heavy (non-hydrogen) atoms. The summed E-state index contributed by atoms with van der Waals surface area (Å²) in [6, 6.07) is 14.1. The molecule has 1 N–H and O–H groups in total. The van der Waals surface area contributed by atoms with Gasteiger partial charge in [-0.15, -0.1) is 0 Å². The second-order valence-corrected chi connectivity index (χ2v) is 8.35. The molecular weight excluding hydrogens is 428 g/mol. The van der Waals surface area contributed by atoms with Gasteiger partial charge in [-0.1, -0.05) is 24.3 Å². The zero-order valence-electron chi connectivity index (χ0n) is 20.1. The van der Waals surface area contributed by atoms with Gasteiger partial charge in [0.25, 0.3) is 0 Å². The minimum atomic E-state index is 0.503. The quantitative estimate of drug-likeness (QED) is 0.434. The zero-order valence-corrected chi connectivity index (χ0v) is 20.1. The van der Waals surface area contributed by atoms with Crippen LogP contribution in [0.1, 0.15) is 17.5 Å². The molecule has 2 aromatic carbocycles. The van der Waals surface area contributed by atoms with Gasteiger partial charge in [-0.3, -0.25) is 4.90 Å². The van der Waals surface area contributed by atoms with Crippen molar-refractivity contribution in [2.24, 2.45) is 0 Å². The fraction of sp³-hybridized carbons (Fsp3) is 0.333. The Kier molecular flexibility index (Phi) is 8.12. The van der Waals surface area contributed by atoms with Crippen molar-refractivity contribution in [3.05, 3.63) is 71.9 Å². The molecule has 1 aromatic heterocycles. The first-order valence-corrected chi connectivity index (χ1v) is 11.5. The van der Waals surface area contributed by atoms with Crippen LogP contribution in [0.15, 0.2) is 60.8 Å². The topological polar surface area (TPSA) is 68.7 Å². The molecule has 4 rings (SSSR count). The summed E-state index contributed by atoms with van der Waals surface area (Å²) in [7, 11) is 3.77. The number of aryl methyl sites for hydroxylation is 1. The van der Waals surface area contributed by atoms with Crippen molar-refractivity contribution in [3.63, 3.8) is 0 Å². The monoisotopic (exact) mass is 460 g/mol. The van der Waals surface area contributed by atoms with E-state index in [9.17, 15) is 0 Å². The average molecular weight is 461 g/mol. The predicted octanol–water partition coefficient (Wildman–Crippen LogP) is 4.99. The number of methoxy groups -OCH3 is 1. The molecule has 1 aliphatic rings. The summed E-state index contributed by atoms with van der Waals surface area (Å²) in [4.78, 5) is 11.6. The molecule has 7 heteroatoms. The van der Waals surface area contributed by atoms with E-state index in [1.54, 1.807) is 7.11 Å².